The fraction of sp³-hybridized carbons (Fsp3) is 0.692. The number of aliphatic hydroxyl groups is 1. The van der Waals surface area contributed by atoms with E-state index >= 15 is 0 Å². The molecule has 1 rings (SSSR count). The highest BCUT2D eigenvalue weighted by Crippen LogP contribution is 2.19. The fourth-order valence-corrected chi connectivity index (χ4v) is 2.80. The molecule has 114 valence electrons. The van der Waals surface area contributed by atoms with E-state index in [-0.39, 0.29) is 12.5 Å². The van der Waals surface area contributed by atoms with Crippen molar-refractivity contribution in [2.24, 2.45) is 0 Å². The van der Waals surface area contributed by atoms with Crippen molar-refractivity contribution in [3.63, 3.8) is 0 Å². The Morgan fingerprint density at radius 1 is 1.45 bits per heavy atom. The highest BCUT2D eigenvalue weighted by atomic mass is 32.2. The molecule has 1 N–H and O–H groups in total. The maximum atomic E-state index is 12.0. The van der Waals surface area contributed by atoms with E-state index in [9.17, 15) is 4.79 Å². The molecule has 0 bridgehead atoms. The van der Waals surface area contributed by atoms with Gasteiger partial charge in [-0.05, 0) is 13.8 Å². The number of thioether (sulfide) groups is 1. The van der Waals surface area contributed by atoms with Gasteiger partial charge in [-0.2, -0.15) is 0 Å². The number of amides is 1. The highest BCUT2D eigenvalue weighted by Gasteiger charge is 2.14. The van der Waals surface area contributed by atoms with Gasteiger partial charge in [0.15, 0.2) is 0 Å². The number of rotatable bonds is 9. The second-order valence-electron chi connectivity index (χ2n) is 4.39. The van der Waals surface area contributed by atoms with Crippen LogP contribution < -0.4 is 0 Å². The number of methoxy groups -OCH3 is 1. The normalized spacial score (nSPS) is 10.8. The number of nitrogens with zero attached hydrogens (tertiary/aromatic N) is 2. The number of hydrogen-bond acceptors (Lipinski definition) is 6. The molecule has 0 aromatic carbocycles. The highest BCUT2D eigenvalue weighted by molar-refractivity contribution is 7.99. The summed E-state index contributed by atoms with van der Waals surface area (Å²) in [6.45, 7) is 5.04. The zero-order valence-electron chi connectivity index (χ0n) is 12.2. The van der Waals surface area contributed by atoms with E-state index in [0.29, 0.717) is 31.2 Å². The van der Waals surface area contributed by atoms with Crippen LogP contribution in [0.1, 0.15) is 17.0 Å². The molecule has 7 heteroatoms. The quantitative estimate of drug-likeness (QED) is 0.733. The molecule has 0 aliphatic heterocycles. The molecule has 1 amide bonds. The summed E-state index contributed by atoms with van der Waals surface area (Å²) in [4.78, 5) is 13.7. The summed E-state index contributed by atoms with van der Waals surface area (Å²) in [5.74, 6) is 1.87. The molecule has 0 radical (unpaired) electrons. The maximum absolute atomic E-state index is 12.0. The van der Waals surface area contributed by atoms with E-state index in [1.54, 1.807) is 12.0 Å². The molecule has 1 heterocycles. The van der Waals surface area contributed by atoms with Crippen LogP contribution in [0.25, 0.3) is 0 Å². The monoisotopic (exact) mass is 302 g/mol. The van der Waals surface area contributed by atoms with Crippen LogP contribution in [0.15, 0.2) is 4.52 Å². The first kappa shape index (κ1) is 17.0. The van der Waals surface area contributed by atoms with Crippen LogP contribution in [0, 0.1) is 13.8 Å². The van der Waals surface area contributed by atoms with Crippen LogP contribution in [0.4, 0.5) is 0 Å². The van der Waals surface area contributed by atoms with E-state index < -0.39 is 0 Å². The Hall–Kier alpha value is -1.05. The molecule has 0 saturated carbocycles. The molecular weight excluding hydrogens is 280 g/mol. The Balaban J connectivity index is 2.40. The number of aromatic nitrogens is 1. The Morgan fingerprint density at radius 2 is 2.20 bits per heavy atom. The zero-order chi connectivity index (χ0) is 15.0. The molecule has 0 aliphatic carbocycles. The average molecular weight is 302 g/mol. The number of aryl methyl sites for hydroxylation is 2. The van der Waals surface area contributed by atoms with Gasteiger partial charge < -0.3 is 19.3 Å². The molecular formula is C13H22N2O4S. The van der Waals surface area contributed by atoms with Gasteiger partial charge in [0.1, 0.15) is 5.76 Å². The lowest BCUT2D eigenvalue weighted by atomic mass is 10.2. The molecule has 1 aromatic rings. The molecule has 0 fully saturated rings. The van der Waals surface area contributed by atoms with Crippen LogP contribution in [0.5, 0.6) is 0 Å². The van der Waals surface area contributed by atoms with Crippen LogP contribution in [0.3, 0.4) is 0 Å². The summed E-state index contributed by atoms with van der Waals surface area (Å²) in [5, 5.41) is 12.9. The van der Waals surface area contributed by atoms with Gasteiger partial charge in [0, 0.05) is 31.5 Å². The molecule has 0 unspecified atom stereocenters. The van der Waals surface area contributed by atoms with Crippen molar-refractivity contribution < 1.29 is 19.2 Å². The minimum atomic E-state index is -0.0377. The number of ether oxygens (including phenoxy) is 1. The van der Waals surface area contributed by atoms with Crippen molar-refractivity contribution in [2.45, 2.75) is 19.6 Å². The topological polar surface area (TPSA) is 75.8 Å². The fourth-order valence-electron chi connectivity index (χ4n) is 1.72. The first-order chi connectivity index (χ1) is 9.60. The van der Waals surface area contributed by atoms with Crippen LogP contribution in [-0.2, 0) is 15.3 Å². The summed E-state index contributed by atoms with van der Waals surface area (Å²) in [6, 6.07) is 0. The van der Waals surface area contributed by atoms with Crippen LogP contribution in [0.2, 0.25) is 0 Å². The van der Waals surface area contributed by atoms with Gasteiger partial charge in [0.25, 0.3) is 0 Å². The van der Waals surface area contributed by atoms with Gasteiger partial charge in [0.2, 0.25) is 5.91 Å². The molecule has 20 heavy (non-hydrogen) atoms. The van der Waals surface area contributed by atoms with E-state index in [4.69, 9.17) is 14.4 Å². The third-order valence-corrected chi connectivity index (χ3v) is 3.88. The van der Waals surface area contributed by atoms with E-state index in [1.807, 2.05) is 13.8 Å². The molecule has 0 spiro atoms. The van der Waals surface area contributed by atoms with Gasteiger partial charge in [-0.25, -0.2) is 0 Å². The van der Waals surface area contributed by atoms with E-state index in [1.165, 1.54) is 11.8 Å². The molecule has 0 atom stereocenters. The van der Waals surface area contributed by atoms with Crippen molar-refractivity contribution in [1.82, 2.24) is 10.1 Å². The summed E-state index contributed by atoms with van der Waals surface area (Å²) in [5.41, 5.74) is 1.92. The Kier molecular flexibility index (Phi) is 7.64. The molecule has 6 nitrogen and oxygen atoms in total. The number of carbonyl (C=O) groups excluding carboxylic acids is 1. The second kappa shape index (κ2) is 8.99. The third kappa shape index (κ3) is 5.15. The van der Waals surface area contributed by atoms with E-state index in [0.717, 1.165) is 17.0 Å². The predicted molar refractivity (Wildman–Crippen MR) is 77.7 cm³/mol. The van der Waals surface area contributed by atoms with Gasteiger partial charge in [-0.3, -0.25) is 4.79 Å². The first-order valence-corrected chi connectivity index (χ1v) is 7.62. The van der Waals surface area contributed by atoms with E-state index in [2.05, 4.69) is 5.16 Å². The SMILES string of the molecule is COCCN(CCO)C(=O)CSCc1c(C)noc1C. The third-order valence-electron chi connectivity index (χ3n) is 2.94. The Morgan fingerprint density at radius 3 is 2.75 bits per heavy atom. The standard InChI is InChI=1S/C13H22N2O4S/c1-10-12(11(2)19-14-10)8-20-9-13(17)15(4-6-16)5-7-18-3/h16H,4-9H2,1-3H3. The summed E-state index contributed by atoms with van der Waals surface area (Å²) >= 11 is 1.52. The summed E-state index contributed by atoms with van der Waals surface area (Å²) < 4.78 is 10.0. The maximum Gasteiger partial charge on any atom is 0.232 e. The largest absolute Gasteiger partial charge is 0.395 e. The molecule has 0 aliphatic rings. The minimum absolute atomic E-state index is 0.00728. The van der Waals surface area contributed by atoms with Gasteiger partial charge >= 0.3 is 0 Å². The lowest BCUT2D eigenvalue weighted by Crippen LogP contribution is -2.37. The van der Waals surface area contributed by atoms with Gasteiger partial charge in [-0.1, -0.05) is 5.16 Å². The second-order valence-corrected chi connectivity index (χ2v) is 5.38. The summed E-state index contributed by atoms with van der Waals surface area (Å²) in [7, 11) is 1.59. The molecule has 1 aromatic heterocycles. The van der Waals surface area contributed by atoms with Crippen molar-refractivity contribution in [1.29, 1.82) is 0 Å². The zero-order valence-corrected chi connectivity index (χ0v) is 13.0. The summed E-state index contributed by atoms with van der Waals surface area (Å²) in [6.07, 6.45) is 0. The van der Waals surface area contributed by atoms with Crippen molar-refractivity contribution in [3.8, 4) is 0 Å². The van der Waals surface area contributed by atoms with Crippen molar-refractivity contribution in [2.75, 3.05) is 39.2 Å². The van der Waals surface area contributed by atoms with Crippen molar-refractivity contribution in [3.05, 3.63) is 17.0 Å². The smallest absolute Gasteiger partial charge is 0.232 e. The van der Waals surface area contributed by atoms with Crippen LogP contribution >= 0.6 is 11.8 Å². The lowest BCUT2D eigenvalue weighted by Gasteiger charge is -2.21. The van der Waals surface area contributed by atoms with Gasteiger partial charge in [0.05, 0.1) is 24.7 Å². The molecule has 0 saturated heterocycles. The van der Waals surface area contributed by atoms with Crippen LogP contribution in [-0.4, -0.2) is 60.2 Å². The van der Waals surface area contributed by atoms with Crippen molar-refractivity contribution >= 4 is 17.7 Å². The first-order valence-electron chi connectivity index (χ1n) is 6.47. The Labute approximate surface area is 123 Å². The van der Waals surface area contributed by atoms with Gasteiger partial charge in [-0.15, -0.1) is 11.8 Å². The number of aliphatic hydroxyl groups excluding tert-OH is 1. The lowest BCUT2D eigenvalue weighted by molar-refractivity contribution is -0.129. The number of carbonyl (C=O) groups is 1. The minimum Gasteiger partial charge on any atom is -0.395 e. The number of hydrogen-bond donors (Lipinski definition) is 1. The predicted octanol–water partition coefficient (Wildman–Crippen LogP) is 0.992. The average Bonchev–Trinajstić information content (AvgIpc) is 2.75. The Bertz CT molecular complexity index is 403.